The molecular formula is C54H37N3. The van der Waals surface area contributed by atoms with E-state index in [4.69, 9.17) is 15.0 Å². The summed E-state index contributed by atoms with van der Waals surface area (Å²) in [6.07, 6.45) is 0. The van der Waals surface area contributed by atoms with Gasteiger partial charge in [0.1, 0.15) is 0 Å². The van der Waals surface area contributed by atoms with Crippen molar-refractivity contribution in [2.75, 3.05) is 0 Å². The first-order valence-electron chi connectivity index (χ1n) is 19.6. The highest BCUT2D eigenvalue weighted by Gasteiger charge is 2.35. The van der Waals surface area contributed by atoms with Gasteiger partial charge in [0, 0.05) is 22.1 Å². The van der Waals surface area contributed by atoms with Crippen LogP contribution in [0.4, 0.5) is 0 Å². The molecule has 9 aromatic carbocycles. The van der Waals surface area contributed by atoms with E-state index in [-0.39, 0.29) is 5.41 Å². The average Bonchev–Trinajstić information content (AvgIpc) is 3.51. The first-order chi connectivity index (χ1) is 28.0. The largest absolute Gasteiger partial charge is 0.208 e. The minimum atomic E-state index is -0.0972. The van der Waals surface area contributed by atoms with Gasteiger partial charge in [0.2, 0.25) is 0 Å². The van der Waals surface area contributed by atoms with Crippen LogP contribution in [0.2, 0.25) is 0 Å². The van der Waals surface area contributed by atoms with E-state index in [0.717, 1.165) is 33.4 Å². The van der Waals surface area contributed by atoms with E-state index < -0.39 is 0 Å². The molecule has 3 heteroatoms. The van der Waals surface area contributed by atoms with Gasteiger partial charge < -0.3 is 0 Å². The summed E-state index contributed by atoms with van der Waals surface area (Å²) in [6.45, 7) is 4.63. The molecule has 0 unspecified atom stereocenters. The molecule has 0 amide bonds. The van der Waals surface area contributed by atoms with Crippen LogP contribution < -0.4 is 0 Å². The molecule has 10 aromatic rings. The Hall–Kier alpha value is -7.23. The van der Waals surface area contributed by atoms with Gasteiger partial charge in [-0.2, -0.15) is 0 Å². The fourth-order valence-corrected chi connectivity index (χ4v) is 9.16. The number of hydrogen-bond donors (Lipinski definition) is 0. The van der Waals surface area contributed by atoms with Crippen LogP contribution in [0.3, 0.4) is 0 Å². The molecule has 0 radical (unpaired) electrons. The first kappa shape index (κ1) is 33.1. The van der Waals surface area contributed by atoms with Gasteiger partial charge in [-0.15, -0.1) is 0 Å². The molecule has 0 fully saturated rings. The molecule has 0 aliphatic heterocycles. The Morgan fingerprint density at radius 3 is 1.65 bits per heavy atom. The van der Waals surface area contributed by atoms with E-state index in [0.29, 0.717) is 17.5 Å². The van der Waals surface area contributed by atoms with Crippen LogP contribution in [0.1, 0.15) is 25.0 Å². The second kappa shape index (κ2) is 12.9. The third kappa shape index (κ3) is 5.31. The van der Waals surface area contributed by atoms with Crippen LogP contribution in [0, 0.1) is 0 Å². The Balaban J connectivity index is 1.19. The summed E-state index contributed by atoms with van der Waals surface area (Å²) >= 11 is 0. The van der Waals surface area contributed by atoms with Gasteiger partial charge in [-0.25, -0.2) is 15.0 Å². The smallest absolute Gasteiger partial charge is 0.164 e. The lowest BCUT2D eigenvalue weighted by atomic mass is 9.82. The van der Waals surface area contributed by atoms with Crippen molar-refractivity contribution in [3.63, 3.8) is 0 Å². The minimum Gasteiger partial charge on any atom is -0.208 e. The van der Waals surface area contributed by atoms with Gasteiger partial charge >= 0.3 is 0 Å². The third-order valence-electron chi connectivity index (χ3n) is 11.9. The highest BCUT2D eigenvalue weighted by Crippen LogP contribution is 2.50. The predicted octanol–water partition coefficient (Wildman–Crippen LogP) is 14.0. The summed E-state index contributed by atoms with van der Waals surface area (Å²) in [4.78, 5) is 16.1. The lowest BCUT2D eigenvalue weighted by Gasteiger charge is -2.21. The maximum atomic E-state index is 5.39. The molecule has 11 rings (SSSR count). The van der Waals surface area contributed by atoms with Gasteiger partial charge in [-0.05, 0) is 89.0 Å². The van der Waals surface area contributed by atoms with Crippen molar-refractivity contribution in [2.45, 2.75) is 19.3 Å². The lowest BCUT2D eigenvalue weighted by Crippen LogP contribution is -2.14. The maximum Gasteiger partial charge on any atom is 0.164 e. The highest BCUT2D eigenvalue weighted by molar-refractivity contribution is 6.21. The molecule has 57 heavy (non-hydrogen) atoms. The third-order valence-corrected chi connectivity index (χ3v) is 11.9. The van der Waals surface area contributed by atoms with Gasteiger partial charge in [0.25, 0.3) is 0 Å². The van der Waals surface area contributed by atoms with Crippen molar-refractivity contribution in [3.05, 3.63) is 199 Å². The van der Waals surface area contributed by atoms with E-state index in [2.05, 4.69) is 202 Å². The Morgan fingerprint density at radius 1 is 0.316 bits per heavy atom. The molecule has 0 N–H and O–H groups in total. The number of benzene rings is 9. The molecule has 0 atom stereocenters. The van der Waals surface area contributed by atoms with Crippen LogP contribution in [0.15, 0.2) is 188 Å². The summed E-state index contributed by atoms with van der Waals surface area (Å²) in [5.41, 5.74) is 12.4. The van der Waals surface area contributed by atoms with Crippen LogP contribution in [-0.2, 0) is 5.41 Å². The van der Waals surface area contributed by atoms with E-state index in [1.165, 1.54) is 60.1 Å². The predicted molar refractivity (Wildman–Crippen MR) is 237 cm³/mol. The van der Waals surface area contributed by atoms with E-state index >= 15 is 0 Å². The van der Waals surface area contributed by atoms with E-state index in [9.17, 15) is 0 Å². The molecule has 268 valence electrons. The quantitative estimate of drug-likeness (QED) is 0.131. The summed E-state index contributed by atoms with van der Waals surface area (Å²) < 4.78 is 0. The number of aromatic nitrogens is 3. The average molecular weight is 728 g/mol. The number of nitrogens with zero attached hydrogens (tertiary/aromatic N) is 3. The Bertz CT molecular complexity index is 3220. The monoisotopic (exact) mass is 727 g/mol. The summed E-state index contributed by atoms with van der Waals surface area (Å²) in [5.74, 6) is 1.92. The highest BCUT2D eigenvalue weighted by atomic mass is 15.0. The van der Waals surface area contributed by atoms with E-state index in [1.807, 2.05) is 0 Å². The van der Waals surface area contributed by atoms with Crippen molar-refractivity contribution in [2.24, 2.45) is 0 Å². The molecule has 1 aromatic heterocycles. The second-order valence-electron chi connectivity index (χ2n) is 15.5. The summed E-state index contributed by atoms with van der Waals surface area (Å²) in [5, 5.41) is 7.28. The van der Waals surface area contributed by atoms with Crippen LogP contribution in [0.5, 0.6) is 0 Å². The maximum absolute atomic E-state index is 5.39. The Morgan fingerprint density at radius 2 is 0.877 bits per heavy atom. The molecule has 1 aliphatic carbocycles. The molecule has 3 nitrogen and oxygen atoms in total. The SMILES string of the molecule is CC1(C)c2ccccc2-c2cc(-c3nc(-c4ccccc4-c4ccccc4)nc(-c4ccccc4-c4c5ccccc5cc5c4ccc4ccccc45)n3)ccc21. The minimum absolute atomic E-state index is 0.0972. The zero-order valence-electron chi connectivity index (χ0n) is 31.7. The summed E-state index contributed by atoms with van der Waals surface area (Å²) in [7, 11) is 0. The first-order valence-corrected chi connectivity index (χ1v) is 19.6. The molecule has 1 heterocycles. The van der Waals surface area contributed by atoms with Gasteiger partial charge in [0.05, 0.1) is 0 Å². The zero-order chi connectivity index (χ0) is 38.1. The number of rotatable bonds is 5. The molecular weight excluding hydrogens is 691 g/mol. The van der Waals surface area contributed by atoms with Crippen molar-refractivity contribution < 1.29 is 0 Å². The van der Waals surface area contributed by atoms with Crippen molar-refractivity contribution in [1.29, 1.82) is 0 Å². The van der Waals surface area contributed by atoms with Crippen molar-refractivity contribution >= 4 is 32.3 Å². The Labute approximate surface area is 332 Å². The fraction of sp³-hybridized carbons (Fsp3) is 0.0556. The molecule has 0 bridgehead atoms. The van der Waals surface area contributed by atoms with Gasteiger partial charge in [-0.3, -0.25) is 0 Å². The number of hydrogen-bond acceptors (Lipinski definition) is 3. The second-order valence-corrected chi connectivity index (χ2v) is 15.5. The number of fused-ring (bicyclic) bond motifs is 7. The standard InChI is InChI=1S/C54H37N3/c1-54(2)48-27-15-14-23-41(48)47-33-37(29-31-49(47)54)51-55-52(44-25-12-10-20-38(44)34-16-4-3-5-17-34)57-53(56-51)45-26-13-11-24-42(45)50-40-22-9-7-19-36(40)32-46-39-21-8-6-18-35(39)28-30-43(46)50/h3-33H,1-2H3. The van der Waals surface area contributed by atoms with Gasteiger partial charge in [-0.1, -0.05) is 190 Å². The molecule has 1 aliphatic rings. The van der Waals surface area contributed by atoms with Crippen LogP contribution in [0.25, 0.3) is 99.9 Å². The van der Waals surface area contributed by atoms with Crippen LogP contribution in [-0.4, -0.2) is 15.0 Å². The summed E-state index contributed by atoms with van der Waals surface area (Å²) in [6, 6.07) is 67.3. The Kier molecular flexibility index (Phi) is 7.52. The van der Waals surface area contributed by atoms with Crippen molar-refractivity contribution in [1.82, 2.24) is 15.0 Å². The van der Waals surface area contributed by atoms with Crippen LogP contribution >= 0.6 is 0 Å². The molecule has 0 saturated heterocycles. The fourth-order valence-electron chi connectivity index (χ4n) is 9.16. The molecule has 0 saturated carbocycles. The molecule has 0 spiro atoms. The van der Waals surface area contributed by atoms with Crippen molar-refractivity contribution in [3.8, 4) is 67.5 Å². The zero-order valence-corrected chi connectivity index (χ0v) is 31.7. The lowest BCUT2D eigenvalue weighted by molar-refractivity contribution is 0.660. The normalized spacial score (nSPS) is 12.9. The van der Waals surface area contributed by atoms with Gasteiger partial charge in [0.15, 0.2) is 17.5 Å². The van der Waals surface area contributed by atoms with E-state index in [1.54, 1.807) is 0 Å². The topological polar surface area (TPSA) is 38.7 Å².